The first-order valence-electron chi connectivity index (χ1n) is 9.83. The lowest BCUT2D eigenvalue weighted by atomic mass is 9.86. The molecule has 0 bridgehead atoms. The van der Waals surface area contributed by atoms with Crippen LogP contribution in [0.4, 0.5) is 0 Å². The van der Waals surface area contributed by atoms with Crippen molar-refractivity contribution in [3.63, 3.8) is 0 Å². The summed E-state index contributed by atoms with van der Waals surface area (Å²) in [5.74, 6) is 2.24. The average Bonchev–Trinajstić information content (AvgIpc) is 2.71. The Morgan fingerprint density at radius 3 is 2.41 bits per heavy atom. The van der Waals surface area contributed by atoms with E-state index < -0.39 is 0 Å². The largest absolute Gasteiger partial charge is 0.507 e. The molecule has 0 saturated carbocycles. The van der Waals surface area contributed by atoms with E-state index in [1.54, 1.807) is 27.4 Å². The molecule has 0 aliphatic carbocycles. The van der Waals surface area contributed by atoms with Crippen molar-refractivity contribution >= 4 is 10.8 Å². The molecule has 2 atom stereocenters. The SMILES string of the molecule is COc1cc(OC)c2c(O)cccc2c1-c1ccc2c(c1OC)[C@@H](C)N[C@H](C)C2. The highest BCUT2D eigenvalue weighted by Gasteiger charge is 2.28. The van der Waals surface area contributed by atoms with Gasteiger partial charge >= 0.3 is 0 Å². The zero-order chi connectivity index (χ0) is 20.7. The van der Waals surface area contributed by atoms with Crippen molar-refractivity contribution in [2.75, 3.05) is 21.3 Å². The third-order valence-electron chi connectivity index (χ3n) is 5.76. The van der Waals surface area contributed by atoms with E-state index in [0.717, 1.165) is 28.7 Å². The third-order valence-corrected chi connectivity index (χ3v) is 5.76. The molecule has 5 heteroatoms. The van der Waals surface area contributed by atoms with Crippen LogP contribution in [0, 0.1) is 0 Å². The van der Waals surface area contributed by atoms with Gasteiger partial charge in [0.25, 0.3) is 0 Å². The maximum atomic E-state index is 10.5. The molecule has 1 heterocycles. The van der Waals surface area contributed by atoms with Crippen molar-refractivity contribution in [2.24, 2.45) is 0 Å². The van der Waals surface area contributed by atoms with Crippen molar-refractivity contribution < 1.29 is 19.3 Å². The predicted octanol–water partition coefficient (Wildman–Crippen LogP) is 4.83. The Balaban J connectivity index is 2.08. The fourth-order valence-corrected chi connectivity index (χ4v) is 4.61. The summed E-state index contributed by atoms with van der Waals surface area (Å²) in [6.45, 7) is 4.36. The van der Waals surface area contributed by atoms with Gasteiger partial charge in [-0.1, -0.05) is 24.3 Å². The number of rotatable bonds is 4. The van der Waals surface area contributed by atoms with Crippen LogP contribution in [-0.2, 0) is 6.42 Å². The molecule has 3 aromatic rings. The number of fused-ring (bicyclic) bond motifs is 2. The highest BCUT2D eigenvalue weighted by Crippen LogP contribution is 2.49. The second kappa shape index (κ2) is 7.48. The lowest BCUT2D eigenvalue weighted by Crippen LogP contribution is -2.36. The van der Waals surface area contributed by atoms with Crippen LogP contribution in [-0.4, -0.2) is 32.5 Å². The van der Waals surface area contributed by atoms with E-state index >= 15 is 0 Å². The molecule has 0 aromatic heterocycles. The number of hydrogen-bond donors (Lipinski definition) is 2. The second-order valence-electron chi connectivity index (χ2n) is 7.57. The van der Waals surface area contributed by atoms with Gasteiger partial charge in [-0.2, -0.15) is 0 Å². The normalized spacial score (nSPS) is 18.4. The van der Waals surface area contributed by atoms with Crippen LogP contribution >= 0.6 is 0 Å². The van der Waals surface area contributed by atoms with E-state index in [0.29, 0.717) is 22.9 Å². The van der Waals surface area contributed by atoms with Gasteiger partial charge in [-0.15, -0.1) is 0 Å². The molecule has 0 fully saturated rings. The molecular formula is C24H27NO4. The summed E-state index contributed by atoms with van der Waals surface area (Å²) in [5, 5.41) is 15.7. The molecule has 152 valence electrons. The summed E-state index contributed by atoms with van der Waals surface area (Å²) in [7, 11) is 4.94. The van der Waals surface area contributed by atoms with Crippen LogP contribution in [0.15, 0.2) is 36.4 Å². The van der Waals surface area contributed by atoms with E-state index in [1.165, 1.54) is 11.1 Å². The summed E-state index contributed by atoms with van der Waals surface area (Å²) < 4.78 is 17.2. The number of hydrogen-bond acceptors (Lipinski definition) is 5. The Hall–Kier alpha value is -2.92. The minimum Gasteiger partial charge on any atom is -0.507 e. The molecule has 0 spiro atoms. The first-order valence-corrected chi connectivity index (χ1v) is 9.83. The Morgan fingerprint density at radius 2 is 1.72 bits per heavy atom. The fraction of sp³-hybridized carbons (Fsp3) is 0.333. The van der Waals surface area contributed by atoms with Crippen LogP contribution in [0.5, 0.6) is 23.0 Å². The summed E-state index contributed by atoms with van der Waals surface area (Å²) in [6, 6.07) is 12.2. The van der Waals surface area contributed by atoms with Crippen LogP contribution in [0.25, 0.3) is 21.9 Å². The Kier molecular flexibility index (Phi) is 5.01. The quantitative estimate of drug-likeness (QED) is 0.665. The Bertz CT molecular complexity index is 1080. The molecule has 0 unspecified atom stereocenters. The summed E-state index contributed by atoms with van der Waals surface area (Å²) in [5.41, 5.74) is 4.28. The number of phenolic OH excluding ortho intramolecular Hbond substituents is 1. The maximum Gasteiger partial charge on any atom is 0.134 e. The lowest BCUT2D eigenvalue weighted by Gasteiger charge is -2.32. The minimum absolute atomic E-state index is 0.170. The fourth-order valence-electron chi connectivity index (χ4n) is 4.61. The second-order valence-corrected chi connectivity index (χ2v) is 7.57. The molecule has 29 heavy (non-hydrogen) atoms. The first-order chi connectivity index (χ1) is 14.0. The Labute approximate surface area is 171 Å². The van der Waals surface area contributed by atoms with Gasteiger partial charge in [0.15, 0.2) is 0 Å². The van der Waals surface area contributed by atoms with E-state index in [9.17, 15) is 5.11 Å². The lowest BCUT2D eigenvalue weighted by molar-refractivity contribution is 0.382. The third kappa shape index (κ3) is 3.06. The van der Waals surface area contributed by atoms with E-state index in [4.69, 9.17) is 14.2 Å². The zero-order valence-electron chi connectivity index (χ0n) is 17.5. The van der Waals surface area contributed by atoms with Crippen molar-refractivity contribution in [3.8, 4) is 34.1 Å². The number of aromatic hydroxyl groups is 1. The van der Waals surface area contributed by atoms with Gasteiger partial charge in [0, 0.05) is 40.2 Å². The molecule has 0 saturated heterocycles. The van der Waals surface area contributed by atoms with Gasteiger partial charge in [0.2, 0.25) is 0 Å². The number of ether oxygens (including phenoxy) is 3. The monoisotopic (exact) mass is 393 g/mol. The van der Waals surface area contributed by atoms with E-state index in [-0.39, 0.29) is 11.8 Å². The highest BCUT2D eigenvalue weighted by atomic mass is 16.5. The Morgan fingerprint density at radius 1 is 0.966 bits per heavy atom. The van der Waals surface area contributed by atoms with Crippen molar-refractivity contribution in [1.82, 2.24) is 5.32 Å². The van der Waals surface area contributed by atoms with Crippen molar-refractivity contribution in [2.45, 2.75) is 32.4 Å². The van der Waals surface area contributed by atoms with Gasteiger partial charge in [-0.3, -0.25) is 0 Å². The van der Waals surface area contributed by atoms with Crippen molar-refractivity contribution in [3.05, 3.63) is 47.5 Å². The number of methoxy groups -OCH3 is 3. The molecule has 3 aromatic carbocycles. The van der Waals surface area contributed by atoms with Gasteiger partial charge in [0.1, 0.15) is 23.0 Å². The minimum atomic E-state index is 0.170. The summed E-state index contributed by atoms with van der Waals surface area (Å²) in [4.78, 5) is 0. The zero-order valence-corrected chi connectivity index (χ0v) is 17.5. The molecule has 4 rings (SSSR count). The highest BCUT2D eigenvalue weighted by molar-refractivity contribution is 6.07. The number of benzene rings is 3. The number of nitrogens with one attached hydrogen (secondary N) is 1. The van der Waals surface area contributed by atoms with Crippen LogP contribution in [0.2, 0.25) is 0 Å². The standard InChI is InChI=1S/C24H27NO4/c1-13-11-15-9-10-17(24(29-5)21(15)14(2)25-13)22-16-7-6-8-18(26)23(16)20(28-4)12-19(22)27-3/h6-10,12-14,25-26H,11H2,1-5H3/t13-,14-/m1/s1. The molecular weight excluding hydrogens is 366 g/mol. The summed E-state index contributed by atoms with van der Waals surface area (Å²) >= 11 is 0. The smallest absolute Gasteiger partial charge is 0.134 e. The topological polar surface area (TPSA) is 60.0 Å². The summed E-state index contributed by atoms with van der Waals surface area (Å²) in [6.07, 6.45) is 0.956. The molecule has 5 nitrogen and oxygen atoms in total. The molecule has 2 N–H and O–H groups in total. The molecule has 1 aliphatic rings. The predicted molar refractivity (Wildman–Crippen MR) is 115 cm³/mol. The first kappa shape index (κ1) is 19.4. The van der Waals surface area contributed by atoms with E-state index in [2.05, 4.69) is 31.3 Å². The van der Waals surface area contributed by atoms with Gasteiger partial charge < -0.3 is 24.6 Å². The van der Waals surface area contributed by atoms with Gasteiger partial charge in [0.05, 0.1) is 26.7 Å². The number of phenols is 1. The van der Waals surface area contributed by atoms with Crippen LogP contribution < -0.4 is 19.5 Å². The molecule has 0 radical (unpaired) electrons. The van der Waals surface area contributed by atoms with Crippen LogP contribution in [0.3, 0.4) is 0 Å². The van der Waals surface area contributed by atoms with E-state index in [1.807, 2.05) is 18.2 Å². The molecule has 1 aliphatic heterocycles. The average molecular weight is 393 g/mol. The maximum absolute atomic E-state index is 10.5. The van der Waals surface area contributed by atoms with Crippen molar-refractivity contribution in [1.29, 1.82) is 0 Å². The molecule has 0 amide bonds. The van der Waals surface area contributed by atoms with Crippen LogP contribution in [0.1, 0.15) is 31.0 Å². The van der Waals surface area contributed by atoms with Gasteiger partial charge in [-0.25, -0.2) is 0 Å². The van der Waals surface area contributed by atoms with Gasteiger partial charge in [-0.05, 0) is 31.9 Å².